The number of hydrogen-bond donors (Lipinski definition) is 1. The summed E-state index contributed by atoms with van der Waals surface area (Å²) >= 11 is 5.07. The Bertz CT molecular complexity index is 563. The maximum Gasteiger partial charge on any atom is 0.248 e. The van der Waals surface area contributed by atoms with Crippen LogP contribution in [0, 0.1) is 0 Å². The molecule has 1 aromatic rings. The van der Waals surface area contributed by atoms with Gasteiger partial charge in [-0.2, -0.15) is 0 Å². The Balaban J connectivity index is 1.75. The second kappa shape index (κ2) is 5.07. The van der Waals surface area contributed by atoms with Gasteiger partial charge in [-0.15, -0.1) is 11.8 Å². The fourth-order valence-electron chi connectivity index (χ4n) is 2.77. The second-order valence-electron chi connectivity index (χ2n) is 5.26. The van der Waals surface area contributed by atoms with E-state index in [1.807, 2.05) is 24.3 Å². The first-order valence-electron chi connectivity index (χ1n) is 6.52. The number of carbonyl (C=O) groups is 2. The lowest BCUT2D eigenvalue weighted by Gasteiger charge is -2.29. The van der Waals surface area contributed by atoms with Crippen LogP contribution in [0.15, 0.2) is 28.7 Å². The van der Waals surface area contributed by atoms with Crippen molar-refractivity contribution in [1.82, 2.24) is 4.90 Å². The third kappa shape index (κ3) is 2.35. The summed E-state index contributed by atoms with van der Waals surface area (Å²) in [5, 5.41) is 2.89. The van der Waals surface area contributed by atoms with Gasteiger partial charge in [-0.3, -0.25) is 9.59 Å². The van der Waals surface area contributed by atoms with Crippen molar-refractivity contribution in [2.45, 2.75) is 30.7 Å². The third-order valence-corrected chi connectivity index (χ3v) is 5.89. The van der Waals surface area contributed by atoms with Crippen LogP contribution in [0.3, 0.4) is 0 Å². The maximum absolute atomic E-state index is 12.4. The van der Waals surface area contributed by atoms with Crippen molar-refractivity contribution in [3.05, 3.63) is 28.7 Å². The van der Waals surface area contributed by atoms with E-state index in [0.29, 0.717) is 12.2 Å². The van der Waals surface area contributed by atoms with Crippen LogP contribution in [-0.4, -0.2) is 33.4 Å². The number of thioether (sulfide) groups is 1. The van der Waals surface area contributed by atoms with Crippen LogP contribution in [-0.2, 0) is 9.59 Å². The van der Waals surface area contributed by atoms with Gasteiger partial charge in [-0.05, 0) is 37.6 Å². The van der Waals surface area contributed by atoms with Gasteiger partial charge in [-0.1, -0.05) is 15.9 Å². The molecule has 0 aliphatic carbocycles. The molecule has 0 spiro atoms. The van der Waals surface area contributed by atoms with Gasteiger partial charge in [0.1, 0.15) is 6.04 Å². The Labute approximate surface area is 130 Å². The molecule has 2 atom stereocenters. The number of amides is 2. The zero-order chi connectivity index (χ0) is 14.3. The Morgan fingerprint density at radius 3 is 2.85 bits per heavy atom. The van der Waals surface area contributed by atoms with E-state index in [2.05, 4.69) is 28.2 Å². The van der Waals surface area contributed by atoms with Crippen LogP contribution < -0.4 is 5.32 Å². The van der Waals surface area contributed by atoms with Gasteiger partial charge in [0.25, 0.3) is 0 Å². The molecule has 2 aliphatic heterocycles. The van der Waals surface area contributed by atoms with Crippen LogP contribution in [0.4, 0.5) is 5.69 Å². The van der Waals surface area contributed by atoms with Gasteiger partial charge in [-0.25, -0.2) is 0 Å². The molecule has 0 radical (unpaired) electrons. The highest BCUT2D eigenvalue weighted by molar-refractivity contribution is 9.10. The quantitative estimate of drug-likeness (QED) is 0.888. The highest BCUT2D eigenvalue weighted by Crippen LogP contribution is 2.47. The molecule has 2 fully saturated rings. The minimum absolute atomic E-state index is 0.0912. The van der Waals surface area contributed by atoms with E-state index in [1.54, 1.807) is 16.7 Å². The fraction of sp³-hybridized carbons (Fsp3) is 0.429. The zero-order valence-corrected chi connectivity index (χ0v) is 13.5. The highest BCUT2D eigenvalue weighted by atomic mass is 79.9. The highest BCUT2D eigenvalue weighted by Gasteiger charge is 2.52. The van der Waals surface area contributed by atoms with E-state index in [4.69, 9.17) is 0 Å². The van der Waals surface area contributed by atoms with E-state index >= 15 is 0 Å². The van der Waals surface area contributed by atoms with Crippen molar-refractivity contribution >= 4 is 45.2 Å². The summed E-state index contributed by atoms with van der Waals surface area (Å²) in [6.45, 7) is 2.05. The van der Waals surface area contributed by atoms with Gasteiger partial charge < -0.3 is 10.2 Å². The average Bonchev–Trinajstić information content (AvgIpc) is 2.90. The second-order valence-corrected chi connectivity index (χ2v) is 7.68. The molecule has 20 heavy (non-hydrogen) atoms. The Hall–Kier alpha value is -1.01. The summed E-state index contributed by atoms with van der Waals surface area (Å²) in [6, 6.07) is 7.09. The van der Waals surface area contributed by atoms with Crippen molar-refractivity contribution < 1.29 is 9.59 Å². The molecule has 2 heterocycles. The number of halogens is 1. The molecule has 2 amide bonds. The monoisotopic (exact) mass is 354 g/mol. The summed E-state index contributed by atoms with van der Waals surface area (Å²) in [5.41, 5.74) is 0.753. The lowest BCUT2D eigenvalue weighted by molar-refractivity contribution is -0.135. The minimum Gasteiger partial charge on any atom is -0.324 e. The number of hydrogen-bond acceptors (Lipinski definition) is 3. The van der Waals surface area contributed by atoms with Gasteiger partial charge in [0.15, 0.2) is 0 Å². The maximum atomic E-state index is 12.4. The SMILES string of the molecule is C[C@@]12CCC(=O)N1[C@H](C(=O)Nc1ccc(Br)cc1)CS2. The van der Waals surface area contributed by atoms with Crippen molar-refractivity contribution in [3.8, 4) is 0 Å². The molecule has 0 aromatic heterocycles. The minimum atomic E-state index is -0.358. The van der Waals surface area contributed by atoms with Gasteiger partial charge in [0, 0.05) is 22.3 Å². The number of benzene rings is 1. The van der Waals surface area contributed by atoms with Crippen LogP contribution >= 0.6 is 27.7 Å². The molecule has 1 N–H and O–H groups in total. The van der Waals surface area contributed by atoms with Crippen LogP contribution in [0.2, 0.25) is 0 Å². The standard InChI is InChI=1S/C14H15BrN2O2S/c1-14-7-6-12(18)17(14)11(8-20-14)13(19)16-10-4-2-9(15)3-5-10/h2-5,11H,6-8H2,1H3,(H,16,19)/t11-,14+/m0/s1. The first-order chi connectivity index (χ1) is 9.49. The first-order valence-corrected chi connectivity index (χ1v) is 8.30. The molecule has 3 rings (SSSR count). The molecule has 0 unspecified atom stereocenters. The molecule has 106 valence electrons. The zero-order valence-electron chi connectivity index (χ0n) is 11.1. The van der Waals surface area contributed by atoms with Crippen LogP contribution in [0.25, 0.3) is 0 Å². The van der Waals surface area contributed by atoms with Crippen LogP contribution in [0.5, 0.6) is 0 Å². The topological polar surface area (TPSA) is 49.4 Å². The van der Waals surface area contributed by atoms with E-state index in [9.17, 15) is 9.59 Å². The molecule has 2 saturated heterocycles. The molecule has 1 aromatic carbocycles. The molecular formula is C14H15BrN2O2S. The van der Waals surface area contributed by atoms with Crippen molar-refractivity contribution in [2.24, 2.45) is 0 Å². The molecular weight excluding hydrogens is 340 g/mol. The Morgan fingerprint density at radius 1 is 1.45 bits per heavy atom. The molecule has 0 bridgehead atoms. The van der Waals surface area contributed by atoms with E-state index in [-0.39, 0.29) is 22.7 Å². The van der Waals surface area contributed by atoms with Crippen molar-refractivity contribution in [3.63, 3.8) is 0 Å². The number of carbonyl (C=O) groups excluding carboxylic acids is 2. The Kier molecular flexibility index (Phi) is 3.54. The van der Waals surface area contributed by atoms with E-state index in [1.165, 1.54) is 0 Å². The molecule has 2 aliphatic rings. The summed E-state index contributed by atoms with van der Waals surface area (Å²) in [7, 11) is 0. The number of nitrogens with zero attached hydrogens (tertiary/aromatic N) is 1. The van der Waals surface area contributed by atoms with Crippen LogP contribution in [0.1, 0.15) is 19.8 Å². The lowest BCUT2D eigenvalue weighted by Crippen LogP contribution is -2.48. The number of fused-ring (bicyclic) bond motifs is 1. The Morgan fingerprint density at radius 2 is 2.15 bits per heavy atom. The molecule has 0 saturated carbocycles. The van der Waals surface area contributed by atoms with E-state index < -0.39 is 0 Å². The summed E-state index contributed by atoms with van der Waals surface area (Å²) in [4.78, 5) is 26.0. The number of rotatable bonds is 2. The number of nitrogens with one attached hydrogen (secondary N) is 1. The van der Waals surface area contributed by atoms with Crippen molar-refractivity contribution in [2.75, 3.05) is 11.1 Å². The van der Waals surface area contributed by atoms with Gasteiger partial charge in [0.05, 0.1) is 4.87 Å². The summed E-state index contributed by atoms with van der Waals surface area (Å²) in [6.07, 6.45) is 1.38. The van der Waals surface area contributed by atoms with E-state index in [0.717, 1.165) is 16.6 Å². The first kappa shape index (κ1) is 13.9. The summed E-state index contributed by atoms with van der Waals surface area (Å²) in [5.74, 6) is 0.664. The lowest BCUT2D eigenvalue weighted by atomic mass is 10.2. The molecule has 6 heteroatoms. The van der Waals surface area contributed by atoms with Gasteiger partial charge >= 0.3 is 0 Å². The summed E-state index contributed by atoms with van der Waals surface area (Å²) < 4.78 is 0.967. The normalized spacial score (nSPS) is 28.6. The fourth-order valence-corrected chi connectivity index (χ4v) is 4.47. The third-order valence-electron chi connectivity index (χ3n) is 3.86. The predicted molar refractivity (Wildman–Crippen MR) is 83.5 cm³/mol. The largest absolute Gasteiger partial charge is 0.324 e. The van der Waals surface area contributed by atoms with Gasteiger partial charge in [0.2, 0.25) is 11.8 Å². The predicted octanol–water partition coefficient (Wildman–Crippen LogP) is 2.84. The smallest absolute Gasteiger partial charge is 0.248 e. The molecule has 4 nitrogen and oxygen atoms in total. The average molecular weight is 355 g/mol. The van der Waals surface area contributed by atoms with Crippen molar-refractivity contribution in [1.29, 1.82) is 0 Å². The number of anilines is 1.